The smallest absolute Gasteiger partial charge is 0.101 e. The van der Waals surface area contributed by atoms with Gasteiger partial charge in [0.2, 0.25) is 0 Å². The highest BCUT2D eigenvalue weighted by molar-refractivity contribution is 5.21. The summed E-state index contributed by atoms with van der Waals surface area (Å²) in [7, 11) is 2.03. The van der Waals surface area contributed by atoms with Crippen LogP contribution in [0.3, 0.4) is 0 Å². The van der Waals surface area contributed by atoms with E-state index in [1.165, 1.54) is 12.8 Å². The highest BCUT2D eigenvalue weighted by Gasteiger charge is 2.44. The first kappa shape index (κ1) is 4.42. The van der Waals surface area contributed by atoms with Gasteiger partial charge in [0.1, 0.15) is 6.54 Å². The van der Waals surface area contributed by atoms with Crippen LogP contribution in [-0.4, -0.2) is 11.9 Å². The van der Waals surface area contributed by atoms with Crippen LogP contribution in [0, 0.1) is 12.0 Å². The fourth-order valence-corrected chi connectivity index (χ4v) is 1.09. The van der Waals surface area contributed by atoms with Gasteiger partial charge in [0, 0.05) is 12.5 Å². The molecule has 1 aliphatic heterocycles. The molecule has 2 rings (SSSR count). The molecule has 0 saturated heterocycles. The summed E-state index contributed by atoms with van der Waals surface area (Å²) in [5, 5.41) is 0. The van der Waals surface area contributed by atoms with E-state index in [0.717, 1.165) is 0 Å². The molecule has 0 bridgehead atoms. The minimum Gasteiger partial charge on any atom is -0.369 e. The zero-order valence-corrected chi connectivity index (χ0v) is 5.02. The molecule has 2 aliphatic rings. The van der Waals surface area contributed by atoms with Gasteiger partial charge in [0.05, 0.1) is 0 Å². The average Bonchev–Trinajstić information content (AvgIpc) is 2.34. The van der Waals surface area contributed by atoms with Crippen LogP contribution in [-0.2, 0) is 0 Å². The molecule has 8 heavy (non-hydrogen) atoms. The normalized spacial score (nSPS) is 29.9. The third kappa shape index (κ3) is 0.473. The van der Waals surface area contributed by atoms with Gasteiger partial charge in [-0.15, -0.1) is 0 Å². The number of hydrogen-bond donors (Lipinski definition) is 0. The van der Waals surface area contributed by atoms with E-state index in [9.17, 15) is 0 Å². The molecular formula is C7H9N. The lowest BCUT2D eigenvalue weighted by Gasteiger charge is -2.06. The summed E-state index contributed by atoms with van der Waals surface area (Å²) in [5.41, 5.74) is 0.411. The minimum absolute atomic E-state index is 0.411. The van der Waals surface area contributed by atoms with Crippen molar-refractivity contribution in [2.45, 2.75) is 12.8 Å². The quantitative estimate of drug-likeness (QED) is 0.450. The Balaban J connectivity index is 2.15. The highest BCUT2D eigenvalue weighted by Crippen LogP contribution is 2.52. The van der Waals surface area contributed by atoms with Crippen LogP contribution >= 0.6 is 0 Å². The molecule has 1 aliphatic carbocycles. The van der Waals surface area contributed by atoms with Crippen molar-refractivity contribution in [3.05, 3.63) is 18.8 Å². The van der Waals surface area contributed by atoms with E-state index in [4.69, 9.17) is 0 Å². The molecule has 0 N–H and O–H groups in total. The standard InChI is InChI=1S/C7H9N/c1-8-5-4-7(6-8)2-3-7/h4-5H,2-3H2,1H3. The summed E-state index contributed by atoms with van der Waals surface area (Å²) in [4.78, 5) is 2.02. The zero-order chi connectivity index (χ0) is 5.61. The summed E-state index contributed by atoms with van der Waals surface area (Å²) >= 11 is 0. The molecule has 0 unspecified atom stereocenters. The van der Waals surface area contributed by atoms with Crippen LogP contribution in [0.4, 0.5) is 0 Å². The van der Waals surface area contributed by atoms with E-state index in [1.807, 2.05) is 11.9 Å². The van der Waals surface area contributed by atoms with E-state index in [0.29, 0.717) is 5.41 Å². The molecule has 42 valence electrons. The van der Waals surface area contributed by atoms with Gasteiger partial charge in [-0.3, -0.25) is 0 Å². The number of rotatable bonds is 0. The lowest BCUT2D eigenvalue weighted by molar-refractivity contribution is 0.519. The van der Waals surface area contributed by atoms with Crippen molar-refractivity contribution in [2.24, 2.45) is 5.41 Å². The molecule has 1 heteroatoms. The summed E-state index contributed by atoms with van der Waals surface area (Å²) in [6.45, 7) is 3.33. The molecule has 1 nitrogen and oxygen atoms in total. The Labute approximate surface area is 50.0 Å². The van der Waals surface area contributed by atoms with Crippen LogP contribution in [0.2, 0.25) is 0 Å². The van der Waals surface area contributed by atoms with Crippen LogP contribution in [0.25, 0.3) is 0 Å². The maximum atomic E-state index is 3.33. The Morgan fingerprint density at radius 2 is 2.38 bits per heavy atom. The Morgan fingerprint density at radius 1 is 1.62 bits per heavy atom. The Kier molecular flexibility index (Phi) is 0.605. The first-order valence-electron chi connectivity index (χ1n) is 3.01. The van der Waals surface area contributed by atoms with Crippen LogP contribution in [0.15, 0.2) is 12.3 Å². The van der Waals surface area contributed by atoms with Gasteiger partial charge in [0.15, 0.2) is 0 Å². The van der Waals surface area contributed by atoms with Crippen molar-refractivity contribution < 1.29 is 0 Å². The van der Waals surface area contributed by atoms with Gasteiger partial charge < -0.3 is 4.90 Å². The topological polar surface area (TPSA) is 3.24 Å². The first-order chi connectivity index (χ1) is 3.81. The predicted octanol–water partition coefficient (Wildman–Crippen LogP) is 1.26. The lowest BCUT2D eigenvalue weighted by Crippen LogP contribution is -2.05. The maximum absolute atomic E-state index is 3.33. The van der Waals surface area contributed by atoms with Crippen LogP contribution in [0.1, 0.15) is 12.8 Å². The van der Waals surface area contributed by atoms with E-state index < -0.39 is 0 Å². The molecule has 1 spiro atoms. The van der Waals surface area contributed by atoms with Gasteiger partial charge in [-0.25, -0.2) is 0 Å². The SMILES string of the molecule is CN1[C]C2(C=C1)CC2. The third-order valence-corrected chi connectivity index (χ3v) is 1.80. The van der Waals surface area contributed by atoms with E-state index in [1.54, 1.807) is 0 Å². The highest BCUT2D eigenvalue weighted by atomic mass is 15.1. The van der Waals surface area contributed by atoms with Crippen LogP contribution in [0.5, 0.6) is 0 Å². The molecule has 1 saturated carbocycles. The maximum Gasteiger partial charge on any atom is 0.101 e. The Morgan fingerprint density at radius 3 is 2.62 bits per heavy atom. The summed E-state index contributed by atoms with van der Waals surface area (Å²) < 4.78 is 0. The van der Waals surface area contributed by atoms with Gasteiger partial charge >= 0.3 is 0 Å². The second kappa shape index (κ2) is 1.09. The zero-order valence-electron chi connectivity index (χ0n) is 5.02. The average molecular weight is 107 g/mol. The second-order valence-corrected chi connectivity index (χ2v) is 2.69. The molecule has 0 amide bonds. The van der Waals surface area contributed by atoms with Gasteiger partial charge in [-0.05, 0) is 19.0 Å². The van der Waals surface area contributed by atoms with Gasteiger partial charge in [-0.2, -0.15) is 0 Å². The molecular weight excluding hydrogens is 98.1 g/mol. The van der Waals surface area contributed by atoms with Gasteiger partial charge in [-0.1, -0.05) is 6.08 Å². The van der Waals surface area contributed by atoms with E-state index in [2.05, 4.69) is 18.8 Å². The predicted molar refractivity (Wildman–Crippen MR) is 31.8 cm³/mol. The molecule has 2 radical (unpaired) electrons. The lowest BCUT2D eigenvalue weighted by atomic mass is 10.1. The largest absolute Gasteiger partial charge is 0.369 e. The monoisotopic (exact) mass is 107 g/mol. The van der Waals surface area contributed by atoms with E-state index in [-0.39, 0.29) is 0 Å². The Bertz CT molecular complexity index is 133. The van der Waals surface area contributed by atoms with Crippen molar-refractivity contribution >= 4 is 0 Å². The number of nitrogens with zero attached hydrogens (tertiary/aromatic N) is 1. The molecule has 1 fully saturated rings. The molecule has 0 aromatic heterocycles. The fraction of sp³-hybridized carbons (Fsp3) is 0.571. The molecule has 1 heterocycles. The number of hydrogen-bond acceptors (Lipinski definition) is 1. The second-order valence-electron chi connectivity index (χ2n) is 2.69. The first-order valence-corrected chi connectivity index (χ1v) is 3.01. The van der Waals surface area contributed by atoms with Gasteiger partial charge in [0.25, 0.3) is 0 Å². The molecule has 0 aromatic rings. The summed E-state index contributed by atoms with van der Waals surface area (Å²) in [6, 6.07) is 0. The van der Waals surface area contributed by atoms with Crippen LogP contribution < -0.4 is 0 Å². The van der Waals surface area contributed by atoms with Crippen molar-refractivity contribution in [1.82, 2.24) is 4.90 Å². The van der Waals surface area contributed by atoms with Crippen molar-refractivity contribution in [2.75, 3.05) is 7.05 Å². The molecule has 0 aromatic carbocycles. The fourth-order valence-electron chi connectivity index (χ4n) is 1.09. The summed E-state index contributed by atoms with van der Waals surface area (Å²) in [5.74, 6) is 0. The summed E-state index contributed by atoms with van der Waals surface area (Å²) in [6.07, 6.45) is 6.96. The van der Waals surface area contributed by atoms with Crippen molar-refractivity contribution in [3.8, 4) is 0 Å². The molecule has 0 atom stereocenters. The van der Waals surface area contributed by atoms with E-state index >= 15 is 0 Å². The third-order valence-electron chi connectivity index (χ3n) is 1.80. The Hall–Kier alpha value is -0.460. The van der Waals surface area contributed by atoms with Crippen molar-refractivity contribution in [3.63, 3.8) is 0 Å². The van der Waals surface area contributed by atoms with Crippen molar-refractivity contribution in [1.29, 1.82) is 0 Å². The minimum atomic E-state index is 0.411.